The first-order valence-corrected chi connectivity index (χ1v) is 6.74. The number of aliphatic carboxylic acids is 1. The molecule has 0 spiro atoms. The van der Waals surface area contributed by atoms with E-state index in [9.17, 15) is 9.59 Å². The lowest BCUT2D eigenvalue weighted by Gasteiger charge is -2.31. The summed E-state index contributed by atoms with van der Waals surface area (Å²) in [6, 6.07) is 3.49. The van der Waals surface area contributed by atoms with Crippen LogP contribution in [-0.2, 0) is 16.0 Å². The van der Waals surface area contributed by atoms with Crippen LogP contribution < -0.4 is 5.73 Å². The molecule has 0 aromatic carbocycles. The fraction of sp³-hybridized carbons (Fsp3) is 0.500. The monoisotopic (exact) mass is 277 g/mol. The second-order valence-corrected chi connectivity index (χ2v) is 5.18. The van der Waals surface area contributed by atoms with E-state index < -0.39 is 5.97 Å². The number of carbonyl (C=O) groups is 2. The number of carboxylic acids is 1. The van der Waals surface area contributed by atoms with Gasteiger partial charge in [-0.2, -0.15) is 0 Å². The van der Waals surface area contributed by atoms with E-state index in [0.29, 0.717) is 24.5 Å². The zero-order chi connectivity index (χ0) is 14.5. The Morgan fingerprint density at radius 1 is 1.35 bits per heavy atom. The second kappa shape index (κ2) is 6.36. The van der Waals surface area contributed by atoms with Gasteiger partial charge in [0.2, 0.25) is 5.91 Å². The third-order valence-electron chi connectivity index (χ3n) is 3.61. The summed E-state index contributed by atoms with van der Waals surface area (Å²) < 4.78 is 0. The number of pyridine rings is 1. The number of nitrogen functional groups attached to an aromatic ring is 1. The van der Waals surface area contributed by atoms with Gasteiger partial charge in [-0.1, -0.05) is 0 Å². The zero-order valence-electron chi connectivity index (χ0n) is 11.3. The maximum absolute atomic E-state index is 12.1. The number of aromatic nitrogens is 1. The van der Waals surface area contributed by atoms with Crippen molar-refractivity contribution < 1.29 is 14.7 Å². The van der Waals surface area contributed by atoms with Crippen molar-refractivity contribution in [1.82, 2.24) is 9.88 Å². The van der Waals surface area contributed by atoms with Crippen LogP contribution in [0.2, 0.25) is 0 Å². The van der Waals surface area contributed by atoms with Gasteiger partial charge >= 0.3 is 5.97 Å². The van der Waals surface area contributed by atoms with E-state index in [4.69, 9.17) is 10.8 Å². The van der Waals surface area contributed by atoms with Crippen molar-refractivity contribution >= 4 is 17.6 Å². The van der Waals surface area contributed by atoms with Crippen molar-refractivity contribution in [3.8, 4) is 0 Å². The molecule has 0 aliphatic carbocycles. The summed E-state index contributed by atoms with van der Waals surface area (Å²) in [6.45, 7) is 1.26. The van der Waals surface area contributed by atoms with Crippen LogP contribution in [0.1, 0.15) is 25.0 Å². The number of nitrogens with two attached hydrogens (primary N) is 1. The Bertz CT molecular complexity index is 479. The highest BCUT2D eigenvalue weighted by Gasteiger charge is 2.24. The quantitative estimate of drug-likeness (QED) is 0.853. The van der Waals surface area contributed by atoms with Crippen LogP contribution in [0.4, 0.5) is 5.69 Å². The molecule has 1 saturated heterocycles. The van der Waals surface area contributed by atoms with E-state index in [1.807, 2.05) is 0 Å². The van der Waals surface area contributed by atoms with Crippen LogP contribution in [0.15, 0.2) is 18.3 Å². The van der Waals surface area contributed by atoms with Gasteiger partial charge in [0, 0.05) is 25.2 Å². The number of hydrogen-bond donors (Lipinski definition) is 2. The number of nitrogens with zero attached hydrogens (tertiary/aromatic N) is 2. The Hall–Kier alpha value is -2.11. The zero-order valence-corrected chi connectivity index (χ0v) is 11.3. The van der Waals surface area contributed by atoms with Gasteiger partial charge < -0.3 is 15.7 Å². The predicted octanol–water partition coefficient (Wildman–Crippen LogP) is 0.920. The molecule has 0 atom stereocenters. The molecule has 0 bridgehead atoms. The molecule has 0 unspecified atom stereocenters. The van der Waals surface area contributed by atoms with Crippen molar-refractivity contribution in [3.63, 3.8) is 0 Å². The average molecular weight is 277 g/mol. The maximum atomic E-state index is 12.1. The highest BCUT2D eigenvalue weighted by Crippen LogP contribution is 2.21. The van der Waals surface area contributed by atoms with Gasteiger partial charge in [-0.3, -0.25) is 14.6 Å². The van der Waals surface area contributed by atoms with Gasteiger partial charge in [-0.05, 0) is 30.9 Å². The van der Waals surface area contributed by atoms with Crippen molar-refractivity contribution in [2.24, 2.45) is 5.92 Å². The predicted molar refractivity (Wildman–Crippen MR) is 73.9 cm³/mol. The highest BCUT2D eigenvalue weighted by atomic mass is 16.4. The van der Waals surface area contributed by atoms with Crippen LogP contribution in [-0.4, -0.2) is 40.0 Å². The lowest BCUT2D eigenvalue weighted by Crippen LogP contribution is -2.39. The standard InChI is InChI=1S/C14H19N3O3/c15-11-1-2-12(16-9-11)8-13(18)17-5-3-10(4-6-17)7-14(19)20/h1-2,9-10H,3-8,15H2,(H,19,20). The van der Waals surface area contributed by atoms with Gasteiger partial charge in [0.1, 0.15) is 0 Å². The topological polar surface area (TPSA) is 96.5 Å². The van der Waals surface area contributed by atoms with Gasteiger partial charge in [0.15, 0.2) is 0 Å². The van der Waals surface area contributed by atoms with Gasteiger partial charge in [-0.15, -0.1) is 0 Å². The van der Waals surface area contributed by atoms with Crippen molar-refractivity contribution in [2.45, 2.75) is 25.7 Å². The molecule has 1 fully saturated rings. The van der Waals surface area contributed by atoms with Crippen LogP contribution in [0.3, 0.4) is 0 Å². The molecule has 0 radical (unpaired) electrons. The SMILES string of the molecule is Nc1ccc(CC(=O)N2CCC(CC(=O)O)CC2)nc1. The number of piperidine rings is 1. The number of hydrogen-bond acceptors (Lipinski definition) is 4. The number of anilines is 1. The maximum Gasteiger partial charge on any atom is 0.303 e. The van der Waals surface area contributed by atoms with Crippen LogP contribution in [0.25, 0.3) is 0 Å². The normalized spacial score (nSPS) is 16.1. The lowest BCUT2D eigenvalue weighted by molar-refractivity contribution is -0.138. The molecule has 1 aliphatic heterocycles. The fourth-order valence-corrected chi connectivity index (χ4v) is 2.44. The molecule has 3 N–H and O–H groups in total. The van der Waals surface area contributed by atoms with Gasteiger partial charge in [0.05, 0.1) is 18.3 Å². The molecule has 2 heterocycles. The van der Waals surface area contributed by atoms with Crippen LogP contribution >= 0.6 is 0 Å². The lowest BCUT2D eigenvalue weighted by atomic mass is 9.93. The minimum absolute atomic E-state index is 0.0380. The molecule has 1 aromatic heterocycles. The fourth-order valence-electron chi connectivity index (χ4n) is 2.44. The van der Waals surface area contributed by atoms with Crippen molar-refractivity contribution in [2.75, 3.05) is 18.8 Å². The first-order valence-electron chi connectivity index (χ1n) is 6.74. The van der Waals surface area contributed by atoms with Crippen LogP contribution in [0.5, 0.6) is 0 Å². The molecule has 1 aromatic rings. The molecule has 0 saturated carbocycles. The van der Waals surface area contributed by atoms with E-state index in [-0.39, 0.29) is 24.7 Å². The van der Waals surface area contributed by atoms with E-state index in [1.54, 1.807) is 23.2 Å². The van der Waals surface area contributed by atoms with E-state index in [1.165, 1.54) is 0 Å². The first-order chi connectivity index (χ1) is 9.54. The minimum atomic E-state index is -0.763. The number of rotatable bonds is 4. The summed E-state index contributed by atoms with van der Waals surface area (Å²) in [6.07, 6.45) is 3.52. The first kappa shape index (κ1) is 14.3. The van der Waals surface area contributed by atoms with Crippen molar-refractivity contribution in [3.05, 3.63) is 24.0 Å². The smallest absolute Gasteiger partial charge is 0.303 e. The third kappa shape index (κ3) is 3.94. The van der Waals surface area contributed by atoms with Gasteiger partial charge in [0.25, 0.3) is 0 Å². The molecule has 6 heteroatoms. The Kier molecular flexibility index (Phi) is 4.55. The number of carbonyl (C=O) groups excluding carboxylic acids is 1. The van der Waals surface area contributed by atoms with Crippen molar-refractivity contribution in [1.29, 1.82) is 0 Å². The minimum Gasteiger partial charge on any atom is -0.481 e. The Balaban J connectivity index is 1.82. The number of carboxylic acid groups (broad SMARTS) is 1. The average Bonchev–Trinajstić information content (AvgIpc) is 2.41. The molecule has 108 valence electrons. The molecule has 2 rings (SSSR count). The molecule has 1 aliphatic rings. The summed E-state index contributed by atoms with van der Waals surface area (Å²) in [4.78, 5) is 28.7. The largest absolute Gasteiger partial charge is 0.481 e. The molecular formula is C14H19N3O3. The highest BCUT2D eigenvalue weighted by molar-refractivity contribution is 5.78. The Morgan fingerprint density at radius 3 is 2.60 bits per heavy atom. The Morgan fingerprint density at radius 2 is 2.05 bits per heavy atom. The van der Waals surface area contributed by atoms with Crippen LogP contribution in [0, 0.1) is 5.92 Å². The summed E-state index contributed by atoms with van der Waals surface area (Å²) >= 11 is 0. The number of amides is 1. The Labute approximate surface area is 117 Å². The summed E-state index contributed by atoms with van der Waals surface area (Å²) in [5, 5.41) is 8.76. The second-order valence-electron chi connectivity index (χ2n) is 5.18. The van der Waals surface area contributed by atoms with E-state index in [2.05, 4.69) is 4.98 Å². The number of likely N-dealkylation sites (tertiary alicyclic amines) is 1. The molecule has 20 heavy (non-hydrogen) atoms. The van der Waals surface area contributed by atoms with E-state index in [0.717, 1.165) is 12.8 Å². The summed E-state index contributed by atoms with van der Waals surface area (Å²) in [5.41, 5.74) is 6.83. The molecule has 6 nitrogen and oxygen atoms in total. The molecular weight excluding hydrogens is 258 g/mol. The third-order valence-corrected chi connectivity index (χ3v) is 3.61. The summed E-state index contributed by atoms with van der Waals surface area (Å²) in [5.74, 6) is -0.539. The van der Waals surface area contributed by atoms with Gasteiger partial charge in [-0.25, -0.2) is 0 Å². The summed E-state index contributed by atoms with van der Waals surface area (Å²) in [7, 11) is 0. The molecule has 1 amide bonds. The van der Waals surface area contributed by atoms with E-state index >= 15 is 0 Å².